The Balaban J connectivity index is 2.61. The first kappa shape index (κ1) is 21.5. The predicted molar refractivity (Wildman–Crippen MR) is 119 cm³/mol. The highest BCUT2D eigenvalue weighted by atomic mass is 15.3. The van der Waals surface area contributed by atoms with Crippen molar-refractivity contribution >= 4 is 11.5 Å². The lowest BCUT2D eigenvalue weighted by atomic mass is 9.89. The summed E-state index contributed by atoms with van der Waals surface area (Å²) >= 11 is 0. The van der Waals surface area contributed by atoms with Crippen molar-refractivity contribution in [3.8, 4) is 0 Å². The van der Waals surface area contributed by atoms with Crippen LogP contribution in [-0.4, -0.2) is 10.5 Å². The molecule has 2 rings (SSSR count). The minimum Gasteiger partial charge on any atom is -0.320 e. The Bertz CT molecular complexity index is 737. The summed E-state index contributed by atoms with van der Waals surface area (Å²) in [5.41, 5.74) is 5.17. The van der Waals surface area contributed by atoms with Crippen LogP contribution in [0.2, 0.25) is 0 Å². The Labute approximate surface area is 167 Å². The molecule has 1 heterocycles. The SMILES string of the molecule is CCCC(C)c1cccc(N(c2ccc(C)cc2C)C(C)(CC)CCC)n1. The van der Waals surface area contributed by atoms with Gasteiger partial charge in [0.15, 0.2) is 0 Å². The lowest BCUT2D eigenvalue weighted by Gasteiger charge is -2.43. The molecule has 0 aliphatic rings. The van der Waals surface area contributed by atoms with Crippen molar-refractivity contribution in [3.63, 3.8) is 0 Å². The molecule has 0 fully saturated rings. The molecule has 27 heavy (non-hydrogen) atoms. The summed E-state index contributed by atoms with van der Waals surface area (Å²) in [6.45, 7) is 15.9. The van der Waals surface area contributed by atoms with Gasteiger partial charge in [0.2, 0.25) is 0 Å². The number of aromatic nitrogens is 1. The molecule has 0 amide bonds. The third-order valence-electron chi connectivity index (χ3n) is 5.89. The molecular weight excluding hydrogens is 328 g/mol. The number of aryl methyl sites for hydroxylation is 2. The Morgan fingerprint density at radius 2 is 1.78 bits per heavy atom. The molecule has 0 saturated heterocycles. The summed E-state index contributed by atoms with van der Waals surface area (Å²) in [6.07, 6.45) is 5.77. The molecule has 0 radical (unpaired) electrons. The van der Waals surface area contributed by atoms with Gasteiger partial charge in [-0.1, -0.05) is 64.3 Å². The number of hydrogen-bond donors (Lipinski definition) is 0. The molecule has 0 aliphatic heterocycles. The van der Waals surface area contributed by atoms with Gasteiger partial charge < -0.3 is 4.90 Å². The summed E-state index contributed by atoms with van der Waals surface area (Å²) in [4.78, 5) is 7.66. The first-order valence-electron chi connectivity index (χ1n) is 10.7. The highest BCUT2D eigenvalue weighted by Gasteiger charge is 2.32. The molecule has 1 aromatic heterocycles. The largest absolute Gasteiger partial charge is 0.320 e. The van der Waals surface area contributed by atoms with Gasteiger partial charge in [-0.15, -0.1) is 0 Å². The second-order valence-corrected chi connectivity index (χ2v) is 8.34. The van der Waals surface area contributed by atoms with E-state index in [0.717, 1.165) is 25.1 Å². The highest BCUT2D eigenvalue weighted by Crippen LogP contribution is 2.39. The zero-order valence-electron chi connectivity index (χ0n) is 18.5. The van der Waals surface area contributed by atoms with Gasteiger partial charge in [0, 0.05) is 16.9 Å². The van der Waals surface area contributed by atoms with E-state index in [2.05, 4.69) is 89.8 Å². The zero-order valence-corrected chi connectivity index (χ0v) is 18.5. The van der Waals surface area contributed by atoms with Crippen LogP contribution in [0.3, 0.4) is 0 Å². The molecular formula is C25H38N2. The number of benzene rings is 1. The van der Waals surface area contributed by atoms with Crippen molar-refractivity contribution in [1.29, 1.82) is 0 Å². The minimum absolute atomic E-state index is 0.0500. The second-order valence-electron chi connectivity index (χ2n) is 8.34. The lowest BCUT2D eigenvalue weighted by molar-refractivity contribution is 0.402. The van der Waals surface area contributed by atoms with Crippen LogP contribution in [-0.2, 0) is 0 Å². The molecule has 1 aromatic carbocycles. The topological polar surface area (TPSA) is 16.1 Å². The molecule has 0 N–H and O–H groups in total. The van der Waals surface area contributed by atoms with Gasteiger partial charge in [-0.05, 0) is 69.7 Å². The molecule has 2 nitrogen and oxygen atoms in total. The van der Waals surface area contributed by atoms with E-state index in [9.17, 15) is 0 Å². The van der Waals surface area contributed by atoms with Gasteiger partial charge >= 0.3 is 0 Å². The molecule has 2 atom stereocenters. The molecule has 2 aromatic rings. The van der Waals surface area contributed by atoms with Crippen molar-refractivity contribution < 1.29 is 0 Å². The number of pyridine rings is 1. The molecule has 2 heteroatoms. The van der Waals surface area contributed by atoms with E-state index in [0.29, 0.717) is 5.92 Å². The van der Waals surface area contributed by atoms with Gasteiger partial charge in [-0.3, -0.25) is 0 Å². The second kappa shape index (κ2) is 9.39. The van der Waals surface area contributed by atoms with Crippen molar-refractivity contribution in [3.05, 3.63) is 53.2 Å². The standard InChI is InChI=1S/C25H38N2/c1-8-12-20(5)22-13-11-14-24(26-22)27(25(7,10-3)17-9-2)23-16-15-19(4)18-21(23)6/h11,13-16,18,20H,8-10,12,17H2,1-7H3. The molecule has 0 saturated carbocycles. The predicted octanol–water partition coefficient (Wildman–Crippen LogP) is 7.71. The number of hydrogen-bond acceptors (Lipinski definition) is 2. The van der Waals surface area contributed by atoms with Crippen LogP contribution in [0.5, 0.6) is 0 Å². The fourth-order valence-electron chi connectivity index (χ4n) is 4.15. The van der Waals surface area contributed by atoms with E-state index in [4.69, 9.17) is 4.98 Å². The van der Waals surface area contributed by atoms with Crippen LogP contribution in [0.1, 0.15) is 89.5 Å². The summed E-state index contributed by atoms with van der Waals surface area (Å²) < 4.78 is 0. The molecule has 0 spiro atoms. The third kappa shape index (κ3) is 4.91. The maximum absolute atomic E-state index is 5.15. The molecule has 0 aliphatic carbocycles. The van der Waals surface area contributed by atoms with Gasteiger partial charge in [0.25, 0.3) is 0 Å². The van der Waals surface area contributed by atoms with Crippen LogP contribution in [0.25, 0.3) is 0 Å². The van der Waals surface area contributed by atoms with E-state index in [1.165, 1.54) is 35.3 Å². The van der Waals surface area contributed by atoms with Crippen molar-refractivity contribution in [2.75, 3.05) is 4.90 Å². The van der Waals surface area contributed by atoms with Gasteiger partial charge in [0.05, 0.1) is 0 Å². The van der Waals surface area contributed by atoms with Gasteiger partial charge in [0.1, 0.15) is 5.82 Å². The van der Waals surface area contributed by atoms with E-state index >= 15 is 0 Å². The van der Waals surface area contributed by atoms with Crippen molar-refractivity contribution in [1.82, 2.24) is 4.98 Å². The van der Waals surface area contributed by atoms with E-state index < -0.39 is 0 Å². The minimum atomic E-state index is 0.0500. The normalized spacial score (nSPS) is 14.6. The van der Waals surface area contributed by atoms with E-state index in [-0.39, 0.29) is 5.54 Å². The van der Waals surface area contributed by atoms with E-state index in [1.807, 2.05) is 0 Å². The fraction of sp³-hybridized carbons (Fsp3) is 0.560. The summed E-state index contributed by atoms with van der Waals surface area (Å²) in [5, 5.41) is 0. The Kier molecular flexibility index (Phi) is 7.47. The van der Waals surface area contributed by atoms with Crippen LogP contribution < -0.4 is 4.90 Å². The number of rotatable bonds is 9. The fourth-order valence-corrected chi connectivity index (χ4v) is 4.15. The van der Waals surface area contributed by atoms with Crippen LogP contribution in [0.15, 0.2) is 36.4 Å². The van der Waals surface area contributed by atoms with Crippen molar-refractivity contribution in [2.45, 2.75) is 92.0 Å². The first-order valence-corrected chi connectivity index (χ1v) is 10.7. The Morgan fingerprint density at radius 3 is 2.37 bits per heavy atom. The lowest BCUT2D eigenvalue weighted by Crippen LogP contribution is -2.43. The third-order valence-corrected chi connectivity index (χ3v) is 5.89. The van der Waals surface area contributed by atoms with Gasteiger partial charge in [-0.25, -0.2) is 4.98 Å². The molecule has 148 valence electrons. The highest BCUT2D eigenvalue weighted by molar-refractivity contribution is 5.66. The Morgan fingerprint density at radius 1 is 1.04 bits per heavy atom. The summed E-state index contributed by atoms with van der Waals surface area (Å²) in [5.74, 6) is 1.58. The molecule has 0 bridgehead atoms. The average molecular weight is 367 g/mol. The average Bonchev–Trinajstić information content (AvgIpc) is 2.64. The van der Waals surface area contributed by atoms with Gasteiger partial charge in [-0.2, -0.15) is 0 Å². The Hall–Kier alpha value is -1.83. The van der Waals surface area contributed by atoms with E-state index in [1.54, 1.807) is 0 Å². The maximum Gasteiger partial charge on any atom is 0.133 e. The summed E-state index contributed by atoms with van der Waals surface area (Å²) in [6, 6.07) is 13.3. The van der Waals surface area contributed by atoms with Crippen molar-refractivity contribution in [2.24, 2.45) is 0 Å². The quantitative estimate of drug-likeness (QED) is 0.452. The molecule has 2 unspecified atom stereocenters. The summed E-state index contributed by atoms with van der Waals surface area (Å²) in [7, 11) is 0. The van der Waals surface area contributed by atoms with Crippen LogP contribution in [0.4, 0.5) is 11.5 Å². The maximum atomic E-state index is 5.15. The van der Waals surface area contributed by atoms with Crippen LogP contribution >= 0.6 is 0 Å². The number of nitrogens with zero attached hydrogens (tertiary/aromatic N) is 2. The zero-order chi connectivity index (χ0) is 20.0. The number of anilines is 2. The van der Waals surface area contributed by atoms with Crippen LogP contribution in [0, 0.1) is 13.8 Å². The smallest absolute Gasteiger partial charge is 0.133 e. The first-order chi connectivity index (χ1) is 12.9. The monoisotopic (exact) mass is 366 g/mol.